The van der Waals surface area contributed by atoms with Crippen LogP contribution in [-0.4, -0.2) is 21.2 Å². The number of aromatic hydroxyl groups is 1. The van der Waals surface area contributed by atoms with E-state index in [9.17, 15) is 9.50 Å². The van der Waals surface area contributed by atoms with Crippen LogP contribution in [0.3, 0.4) is 0 Å². The van der Waals surface area contributed by atoms with Gasteiger partial charge < -0.3 is 15.4 Å². The van der Waals surface area contributed by atoms with Crippen molar-refractivity contribution in [2.75, 3.05) is 0 Å². The summed E-state index contributed by atoms with van der Waals surface area (Å²) in [5, 5.41) is 21.9. The number of fused-ring (bicyclic) bond motifs is 1. The highest BCUT2D eigenvalue weighted by Crippen LogP contribution is 2.35. The molecule has 122 valence electrons. The van der Waals surface area contributed by atoms with Crippen molar-refractivity contribution in [2.45, 2.75) is 38.6 Å². The summed E-state index contributed by atoms with van der Waals surface area (Å²) >= 11 is 5.22. The molecular formula is C16H19FN4OS. The first-order valence-electron chi connectivity index (χ1n) is 7.77. The zero-order chi connectivity index (χ0) is 16.4. The Labute approximate surface area is 139 Å². The lowest BCUT2D eigenvalue weighted by Gasteiger charge is -2.29. The van der Waals surface area contributed by atoms with Crippen molar-refractivity contribution in [3.8, 4) is 5.88 Å². The van der Waals surface area contributed by atoms with E-state index in [1.807, 2.05) is 0 Å². The van der Waals surface area contributed by atoms with Crippen LogP contribution in [0.2, 0.25) is 0 Å². The summed E-state index contributed by atoms with van der Waals surface area (Å²) in [6.07, 6.45) is 4.69. The quantitative estimate of drug-likeness (QED) is 0.557. The van der Waals surface area contributed by atoms with Gasteiger partial charge in [0.1, 0.15) is 5.82 Å². The van der Waals surface area contributed by atoms with Crippen LogP contribution >= 0.6 is 12.2 Å². The van der Waals surface area contributed by atoms with Crippen molar-refractivity contribution >= 4 is 33.9 Å². The van der Waals surface area contributed by atoms with Crippen molar-refractivity contribution in [2.24, 2.45) is 16.1 Å². The van der Waals surface area contributed by atoms with Gasteiger partial charge in [-0.2, -0.15) is 0 Å². The summed E-state index contributed by atoms with van der Waals surface area (Å²) in [6.45, 7) is 2.20. The minimum Gasteiger partial charge on any atom is -0.493 e. The molecule has 5 nitrogen and oxygen atoms in total. The molecule has 0 aliphatic heterocycles. The van der Waals surface area contributed by atoms with E-state index in [1.165, 1.54) is 31.4 Å². The molecule has 1 aromatic heterocycles. The number of benzene rings is 1. The fraction of sp³-hybridized carbons (Fsp3) is 0.438. The van der Waals surface area contributed by atoms with Gasteiger partial charge in [0.25, 0.3) is 0 Å². The van der Waals surface area contributed by atoms with Crippen LogP contribution in [0.15, 0.2) is 28.4 Å². The van der Waals surface area contributed by atoms with E-state index in [4.69, 9.17) is 12.2 Å². The van der Waals surface area contributed by atoms with Crippen LogP contribution in [0.5, 0.6) is 5.88 Å². The Bertz CT molecular complexity index is 758. The maximum Gasteiger partial charge on any atom is 0.218 e. The smallest absolute Gasteiger partial charge is 0.218 e. The molecule has 0 radical (unpaired) electrons. The number of rotatable bonds is 2. The third kappa shape index (κ3) is 3.50. The number of aromatic nitrogens is 1. The fourth-order valence-corrected chi connectivity index (χ4v) is 3.24. The third-order valence-corrected chi connectivity index (χ3v) is 4.57. The Balaban J connectivity index is 1.75. The van der Waals surface area contributed by atoms with Gasteiger partial charge in [0.05, 0.1) is 5.52 Å². The number of halogens is 1. The fourth-order valence-electron chi connectivity index (χ4n) is 3.05. The number of hydrogen-bond donors (Lipinski definition) is 3. The maximum atomic E-state index is 13.4. The number of aromatic amines is 1. The summed E-state index contributed by atoms with van der Waals surface area (Å²) in [5.74, 6) is 0.000328. The van der Waals surface area contributed by atoms with Gasteiger partial charge >= 0.3 is 0 Å². The Kier molecular flexibility index (Phi) is 4.56. The van der Waals surface area contributed by atoms with Crippen LogP contribution in [-0.2, 0) is 0 Å². The first kappa shape index (κ1) is 15.9. The highest BCUT2D eigenvalue weighted by atomic mass is 32.1. The number of hydrogen-bond acceptors (Lipinski definition) is 3. The molecule has 3 N–H and O–H groups in total. The molecule has 1 saturated carbocycles. The molecule has 3 rings (SSSR count). The van der Waals surface area contributed by atoms with Gasteiger partial charge in [-0.3, -0.25) is 0 Å². The number of azo groups is 1. The van der Waals surface area contributed by atoms with Gasteiger partial charge in [-0.05, 0) is 49.2 Å². The van der Waals surface area contributed by atoms with Crippen LogP contribution in [0, 0.1) is 11.7 Å². The molecule has 0 bridgehead atoms. The topological polar surface area (TPSA) is 72.8 Å². The Hall–Kier alpha value is -2.02. The molecule has 1 heterocycles. The third-order valence-electron chi connectivity index (χ3n) is 4.38. The van der Waals surface area contributed by atoms with Crippen molar-refractivity contribution in [1.82, 2.24) is 10.3 Å². The first-order valence-corrected chi connectivity index (χ1v) is 8.18. The predicted molar refractivity (Wildman–Crippen MR) is 91.6 cm³/mol. The van der Waals surface area contributed by atoms with Crippen molar-refractivity contribution in [3.05, 3.63) is 24.0 Å². The van der Waals surface area contributed by atoms with Gasteiger partial charge in [0, 0.05) is 11.4 Å². The van der Waals surface area contributed by atoms with Crippen molar-refractivity contribution in [3.63, 3.8) is 0 Å². The second-order valence-corrected chi connectivity index (χ2v) is 6.42. The second-order valence-electron chi connectivity index (χ2n) is 6.03. The van der Waals surface area contributed by atoms with E-state index in [1.54, 1.807) is 6.07 Å². The van der Waals surface area contributed by atoms with Crippen LogP contribution in [0.4, 0.5) is 10.1 Å². The highest BCUT2D eigenvalue weighted by Gasteiger charge is 2.21. The lowest BCUT2D eigenvalue weighted by molar-refractivity contribution is 0.309. The number of thiocarbonyl (C=S) groups is 1. The van der Waals surface area contributed by atoms with Gasteiger partial charge in [0.2, 0.25) is 11.0 Å². The van der Waals surface area contributed by atoms with Crippen LogP contribution in [0.1, 0.15) is 32.6 Å². The van der Waals surface area contributed by atoms with E-state index in [2.05, 4.69) is 27.5 Å². The molecule has 2 atom stereocenters. The molecule has 0 unspecified atom stereocenters. The molecule has 0 spiro atoms. The Morgan fingerprint density at radius 1 is 1.39 bits per heavy atom. The number of nitrogens with one attached hydrogen (secondary N) is 2. The minimum absolute atomic E-state index is 0.150. The summed E-state index contributed by atoms with van der Waals surface area (Å²) in [4.78, 5) is 2.74. The molecule has 1 fully saturated rings. The molecule has 7 heteroatoms. The van der Waals surface area contributed by atoms with Crippen molar-refractivity contribution in [1.29, 1.82) is 0 Å². The van der Waals surface area contributed by atoms with Gasteiger partial charge in [-0.25, -0.2) is 4.39 Å². The van der Waals surface area contributed by atoms with Crippen molar-refractivity contribution < 1.29 is 9.50 Å². The molecule has 23 heavy (non-hydrogen) atoms. The molecule has 2 aromatic rings. The Morgan fingerprint density at radius 2 is 2.17 bits per heavy atom. The summed E-state index contributed by atoms with van der Waals surface area (Å²) in [6, 6.07) is 4.48. The molecule has 1 aliphatic rings. The molecule has 0 saturated heterocycles. The van der Waals surface area contributed by atoms with Crippen LogP contribution < -0.4 is 5.32 Å². The zero-order valence-electron chi connectivity index (χ0n) is 12.8. The molecule has 1 aromatic carbocycles. The summed E-state index contributed by atoms with van der Waals surface area (Å²) in [5.41, 5.74) is 0.790. The molecule has 1 aliphatic carbocycles. The summed E-state index contributed by atoms with van der Waals surface area (Å²) < 4.78 is 13.4. The highest BCUT2D eigenvalue weighted by molar-refractivity contribution is 7.80. The van der Waals surface area contributed by atoms with E-state index in [0.717, 1.165) is 6.42 Å². The van der Waals surface area contributed by atoms with E-state index in [0.29, 0.717) is 22.9 Å². The standard InChI is InChI=1S/C16H19FN4OS/c1-9-4-2-3-5-12(9)19-16(23)21-20-14-11-8-10(17)6-7-13(11)18-15(14)22/h6-9,12,18,22H,2-5H2,1H3,(H,19,23)/t9-,12-/m1/s1. The Morgan fingerprint density at radius 3 is 2.96 bits per heavy atom. The van der Waals surface area contributed by atoms with Crippen LogP contribution in [0.25, 0.3) is 10.9 Å². The minimum atomic E-state index is -0.398. The SMILES string of the molecule is C[C@@H]1CCCC[C@H]1NC(=S)N=Nc1c(O)[nH]c2ccc(F)cc12. The average molecular weight is 334 g/mol. The monoisotopic (exact) mass is 334 g/mol. The first-order chi connectivity index (χ1) is 11.0. The summed E-state index contributed by atoms with van der Waals surface area (Å²) in [7, 11) is 0. The molecule has 0 amide bonds. The lowest BCUT2D eigenvalue weighted by Crippen LogP contribution is -2.39. The normalized spacial score (nSPS) is 21.8. The number of H-pyrrole nitrogens is 1. The lowest BCUT2D eigenvalue weighted by atomic mass is 9.86. The maximum absolute atomic E-state index is 13.4. The zero-order valence-corrected chi connectivity index (χ0v) is 13.7. The predicted octanol–water partition coefficient (Wildman–Crippen LogP) is 4.55. The second kappa shape index (κ2) is 6.62. The van der Waals surface area contributed by atoms with Gasteiger partial charge in [-0.15, -0.1) is 10.2 Å². The van der Waals surface area contributed by atoms with Gasteiger partial charge in [0.15, 0.2) is 5.69 Å². The molecular weight excluding hydrogens is 315 g/mol. The van der Waals surface area contributed by atoms with E-state index < -0.39 is 5.82 Å². The van der Waals surface area contributed by atoms with E-state index >= 15 is 0 Å². The largest absolute Gasteiger partial charge is 0.493 e. The van der Waals surface area contributed by atoms with E-state index in [-0.39, 0.29) is 16.7 Å². The van der Waals surface area contributed by atoms with Gasteiger partial charge in [-0.1, -0.05) is 19.8 Å². The average Bonchev–Trinajstić information content (AvgIpc) is 2.82. The number of nitrogens with zero attached hydrogens (tertiary/aromatic N) is 2.